The number of hydrogen-bond acceptors (Lipinski definition) is 1. The molecule has 0 aromatic heterocycles. The number of rotatable bonds is 0. The van der Waals surface area contributed by atoms with Crippen molar-refractivity contribution in [1.82, 2.24) is 0 Å². The van der Waals surface area contributed by atoms with Crippen molar-refractivity contribution in [2.24, 2.45) is 0 Å². The van der Waals surface area contributed by atoms with Gasteiger partial charge in [0.15, 0.2) is 0 Å². The molecule has 0 N–H and O–H groups in total. The van der Waals surface area contributed by atoms with Crippen LogP contribution >= 0.6 is 0 Å². The maximum Gasteiger partial charge on any atom is 0.381 e. The maximum absolute atomic E-state index is 8.06. The van der Waals surface area contributed by atoms with Crippen LogP contribution in [0.3, 0.4) is 0 Å². The summed E-state index contributed by atoms with van der Waals surface area (Å²) in [4.78, 5) is 0. The van der Waals surface area contributed by atoms with E-state index in [2.05, 4.69) is 0 Å². The van der Waals surface area contributed by atoms with Gasteiger partial charge in [0.1, 0.15) is 0 Å². The van der Waals surface area contributed by atoms with E-state index in [9.17, 15) is 0 Å². The Labute approximate surface area is 50.9 Å². The smallest absolute Gasteiger partial charge is 0.381 e. The van der Waals surface area contributed by atoms with Gasteiger partial charge in [0.2, 0.25) is 0 Å². The summed E-state index contributed by atoms with van der Waals surface area (Å²) in [5.41, 5.74) is 0. The Morgan fingerprint density at radius 3 is 1.25 bits per heavy atom. The first-order valence-corrected chi connectivity index (χ1v) is 0.612. The predicted molar refractivity (Wildman–Crippen MR) is 17.9 cm³/mol. The molecule has 0 saturated heterocycles. The van der Waals surface area contributed by atoms with E-state index in [1.165, 1.54) is 0 Å². The zero-order valence-corrected chi connectivity index (χ0v) is 4.64. The van der Waals surface area contributed by atoms with Gasteiger partial charge in [-0.15, -0.1) is 0 Å². The first kappa shape index (κ1) is 19.2. The zero-order chi connectivity index (χ0) is 2.00. The Bertz CT molecular complexity index is 8.00. The standard InChI is InChI=1S/Al.Li.OSi/c;;1-2. The van der Waals surface area contributed by atoms with Crippen molar-refractivity contribution >= 4 is 46.4 Å². The quantitative estimate of drug-likeness (QED) is 0.330. The van der Waals surface area contributed by atoms with Crippen LogP contribution in [0, 0.1) is 0 Å². The van der Waals surface area contributed by atoms with Crippen LogP contribution in [0.15, 0.2) is 0 Å². The fourth-order valence-electron chi connectivity index (χ4n) is 0. The third-order valence-corrected chi connectivity index (χ3v) is 0. The molecule has 0 bridgehead atoms. The third-order valence-electron chi connectivity index (χ3n) is 0. The molecule has 14 valence electrons. The predicted octanol–water partition coefficient (Wildman–Crippen LogP) is -1.26. The van der Waals surface area contributed by atoms with Crippen LogP contribution in [0.25, 0.3) is 0 Å². The van der Waals surface area contributed by atoms with Crippen molar-refractivity contribution in [3.8, 4) is 0 Å². The van der Waals surface area contributed by atoms with Gasteiger partial charge in [-0.25, -0.2) is 0 Å². The molecule has 0 saturated carbocycles. The summed E-state index contributed by atoms with van der Waals surface area (Å²) < 4.78 is 8.06. The van der Waals surface area contributed by atoms with Crippen LogP contribution < -0.4 is 0 Å². The average molecular weight is 78.0 g/mol. The molecule has 4 heteroatoms. The van der Waals surface area contributed by atoms with Crippen molar-refractivity contribution in [2.75, 3.05) is 0 Å². The first-order chi connectivity index (χ1) is 1.00. The summed E-state index contributed by atoms with van der Waals surface area (Å²) in [6, 6.07) is 0. The molecule has 0 heterocycles. The largest absolute Gasteiger partial charge is 0.381 e. The molecular weight excluding hydrogens is 78.0 g/mol. The van der Waals surface area contributed by atoms with Gasteiger partial charge in [0.05, 0.1) is 0 Å². The van der Waals surface area contributed by atoms with E-state index >= 15 is 0 Å². The molecule has 1 nitrogen and oxygen atoms in total. The molecule has 0 amide bonds. The summed E-state index contributed by atoms with van der Waals surface area (Å²) in [6.07, 6.45) is 0. The minimum absolute atomic E-state index is 0. The Balaban J connectivity index is -0.00000000500. The molecule has 0 aliphatic carbocycles. The van der Waals surface area contributed by atoms with Crippen LogP contribution in [-0.2, 0) is 4.46 Å². The molecule has 0 fully saturated rings. The first-order valence-electron chi connectivity index (χ1n) is 0.204. The molecule has 0 atom stereocenters. The molecule has 0 aliphatic rings. The van der Waals surface area contributed by atoms with Crippen LogP contribution in [0.5, 0.6) is 0 Å². The molecule has 0 aromatic rings. The Morgan fingerprint density at radius 2 is 1.25 bits per heavy atom. The monoisotopic (exact) mass is 78.0 g/mol. The zero-order valence-electron chi connectivity index (χ0n) is 2.49. The summed E-state index contributed by atoms with van der Waals surface area (Å²) in [5, 5.41) is 0. The second-order valence-electron chi connectivity index (χ2n) is 0. The van der Waals surface area contributed by atoms with Crippen LogP contribution in [0.1, 0.15) is 0 Å². The van der Waals surface area contributed by atoms with Crippen LogP contribution in [-0.4, -0.2) is 46.4 Å². The van der Waals surface area contributed by atoms with E-state index in [0.717, 1.165) is 0 Å². The van der Waals surface area contributed by atoms with Gasteiger partial charge < -0.3 is 4.46 Å². The molecule has 0 aliphatic heterocycles. The van der Waals surface area contributed by atoms with Gasteiger partial charge in [-0.1, -0.05) is 0 Å². The van der Waals surface area contributed by atoms with Crippen molar-refractivity contribution in [3.05, 3.63) is 0 Å². The Kier molecular flexibility index (Phi) is 150. The maximum atomic E-state index is 8.06. The van der Waals surface area contributed by atoms with Crippen molar-refractivity contribution in [3.63, 3.8) is 0 Å². The third kappa shape index (κ3) is 11.0. The number of hydrogen-bond donors (Lipinski definition) is 0. The van der Waals surface area contributed by atoms with Crippen molar-refractivity contribution < 1.29 is 4.46 Å². The summed E-state index contributed by atoms with van der Waals surface area (Å²) in [7, 11) is 1.72. The van der Waals surface area contributed by atoms with E-state index in [1.807, 2.05) is 0 Å². The molecular formula is AlLiOSi. The molecule has 0 aromatic carbocycles. The fraction of sp³-hybridized carbons (Fsp3) is 0. The van der Waals surface area contributed by atoms with Crippen molar-refractivity contribution in [1.29, 1.82) is 0 Å². The Hall–Kier alpha value is 1.15. The molecule has 0 spiro atoms. The van der Waals surface area contributed by atoms with Gasteiger partial charge in [-0.05, 0) is 0 Å². The minimum Gasteiger partial charge on any atom is -0.381 e. The summed E-state index contributed by atoms with van der Waals surface area (Å²) in [6.45, 7) is 0. The average Bonchev–Trinajstić information content (AvgIpc) is 1.00. The second-order valence-corrected chi connectivity index (χ2v) is 0. The van der Waals surface area contributed by atoms with Crippen LogP contribution in [0.4, 0.5) is 0 Å². The molecule has 0 unspecified atom stereocenters. The van der Waals surface area contributed by atoms with E-state index in [4.69, 9.17) is 4.46 Å². The van der Waals surface area contributed by atoms with Gasteiger partial charge >= 0.3 is 10.1 Å². The van der Waals surface area contributed by atoms with E-state index in [0.29, 0.717) is 0 Å². The second kappa shape index (κ2) is 31.2. The van der Waals surface area contributed by atoms with E-state index in [-0.39, 0.29) is 36.2 Å². The Morgan fingerprint density at radius 1 is 1.25 bits per heavy atom. The van der Waals surface area contributed by atoms with Crippen LogP contribution in [0.2, 0.25) is 0 Å². The van der Waals surface area contributed by atoms with Gasteiger partial charge in [-0.2, -0.15) is 0 Å². The molecule has 4 heavy (non-hydrogen) atoms. The summed E-state index contributed by atoms with van der Waals surface area (Å²) in [5.74, 6) is 0. The fourth-order valence-corrected chi connectivity index (χ4v) is 0. The topological polar surface area (TPSA) is 17.1 Å². The van der Waals surface area contributed by atoms with Gasteiger partial charge in [0, 0.05) is 36.2 Å². The van der Waals surface area contributed by atoms with Gasteiger partial charge in [-0.3, -0.25) is 0 Å². The van der Waals surface area contributed by atoms with E-state index < -0.39 is 0 Å². The normalized spacial score (nSPS) is 1.00. The molecule has 6 radical (unpaired) electrons. The van der Waals surface area contributed by atoms with Crippen molar-refractivity contribution in [2.45, 2.75) is 0 Å². The minimum atomic E-state index is 0. The SMILES string of the molecule is O=[Si].[Al].[Li]. The summed E-state index contributed by atoms with van der Waals surface area (Å²) >= 11 is 0. The molecule has 0 rings (SSSR count). The van der Waals surface area contributed by atoms with E-state index in [1.54, 1.807) is 10.1 Å². The van der Waals surface area contributed by atoms with Gasteiger partial charge in [0.25, 0.3) is 0 Å².